The van der Waals surface area contributed by atoms with Crippen LogP contribution in [0, 0.1) is 0 Å². The summed E-state index contributed by atoms with van der Waals surface area (Å²) in [4.78, 5) is 14.7. The van der Waals surface area contributed by atoms with Crippen molar-refractivity contribution in [2.45, 2.75) is 18.7 Å². The molecule has 0 aromatic heterocycles. The van der Waals surface area contributed by atoms with E-state index in [0.717, 1.165) is 13.1 Å². The van der Waals surface area contributed by atoms with Crippen LogP contribution in [0.5, 0.6) is 0 Å². The number of hydrogen-bond acceptors (Lipinski definition) is 5. The number of amides is 1. The van der Waals surface area contributed by atoms with Crippen molar-refractivity contribution in [3.05, 3.63) is 28.8 Å². The average Bonchev–Trinajstić information content (AvgIpc) is 2.63. The molecular weight excluding hydrogens is 413 g/mol. The van der Waals surface area contributed by atoms with E-state index in [-0.39, 0.29) is 33.8 Å². The molecule has 154 valence electrons. The van der Waals surface area contributed by atoms with Crippen LogP contribution in [0.4, 0.5) is 0 Å². The predicted octanol–water partition coefficient (Wildman–Crippen LogP) is 1.85. The van der Waals surface area contributed by atoms with Crippen LogP contribution in [0.1, 0.15) is 24.2 Å². The van der Waals surface area contributed by atoms with E-state index in [1.807, 2.05) is 0 Å². The maximum absolute atomic E-state index is 12.6. The summed E-state index contributed by atoms with van der Waals surface area (Å²) in [5.41, 5.74) is 0.168. The summed E-state index contributed by atoms with van der Waals surface area (Å²) in [5, 5.41) is 3.04. The Balaban J connectivity index is 0.00000364. The quantitative estimate of drug-likeness (QED) is 0.668. The molecule has 1 N–H and O–H groups in total. The van der Waals surface area contributed by atoms with Crippen LogP contribution >= 0.6 is 24.0 Å². The number of sulfonamides is 1. The Hall–Kier alpha value is -0.900. The molecular formula is C17H27Cl2N3O4S. The number of benzene rings is 1. The number of halogens is 2. The van der Waals surface area contributed by atoms with Gasteiger partial charge in [-0.2, -0.15) is 4.31 Å². The van der Waals surface area contributed by atoms with Gasteiger partial charge in [0.05, 0.1) is 28.7 Å². The molecule has 0 spiro atoms. The Kier molecular flexibility index (Phi) is 10.0. The van der Waals surface area contributed by atoms with Gasteiger partial charge in [0.1, 0.15) is 0 Å². The second-order valence-electron chi connectivity index (χ2n) is 5.94. The van der Waals surface area contributed by atoms with Gasteiger partial charge in [-0.1, -0.05) is 25.4 Å². The first kappa shape index (κ1) is 24.1. The molecule has 0 unspecified atom stereocenters. The third kappa shape index (κ3) is 6.30. The smallest absolute Gasteiger partial charge is 0.252 e. The molecule has 1 amide bonds. The van der Waals surface area contributed by atoms with E-state index in [2.05, 4.69) is 10.2 Å². The molecule has 7 nitrogen and oxygen atoms in total. The Bertz CT molecular complexity index is 721. The molecule has 2 rings (SSSR count). The molecule has 0 aliphatic carbocycles. The Morgan fingerprint density at radius 1 is 1.26 bits per heavy atom. The van der Waals surface area contributed by atoms with Crippen molar-refractivity contribution >= 4 is 39.9 Å². The summed E-state index contributed by atoms with van der Waals surface area (Å²) in [6.45, 7) is 8.53. The van der Waals surface area contributed by atoms with Crippen molar-refractivity contribution in [1.29, 1.82) is 0 Å². The van der Waals surface area contributed by atoms with Crippen LogP contribution in [0.2, 0.25) is 5.02 Å². The Morgan fingerprint density at radius 2 is 1.89 bits per heavy atom. The summed E-state index contributed by atoms with van der Waals surface area (Å²) < 4.78 is 31.9. The monoisotopic (exact) mass is 439 g/mol. The summed E-state index contributed by atoms with van der Waals surface area (Å²) >= 11 is 6.12. The van der Waals surface area contributed by atoms with Crippen molar-refractivity contribution in [3.8, 4) is 0 Å². The van der Waals surface area contributed by atoms with E-state index in [9.17, 15) is 13.2 Å². The summed E-state index contributed by atoms with van der Waals surface area (Å²) in [6.07, 6.45) is 0. The van der Waals surface area contributed by atoms with Crippen molar-refractivity contribution in [1.82, 2.24) is 14.5 Å². The van der Waals surface area contributed by atoms with Gasteiger partial charge in [-0.15, -0.1) is 12.4 Å². The fourth-order valence-corrected chi connectivity index (χ4v) is 4.49. The number of carbonyl (C=O) groups is 1. The van der Waals surface area contributed by atoms with Crippen LogP contribution in [0.3, 0.4) is 0 Å². The standard InChI is InChI=1S/C17H26ClN3O4S.ClH/c1-3-21(4-2)26(23,24)14-5-6-16(18)15(13-14)17(22)19-7-8-20-9-11-25-12-10-20;/h5-6,13H,3-4,7-12H2,1-2H3,(H,19,22);1H. The lowest BCUT2D eigenvalue weighted by atomic mass is 10.2. The number of morpholine rings is 1. The minimum absolute atomic E-state index is 0. The van der Waals surface area contributed by atoms with Gasteiger partial charge in [0, 0.05) is 39.3 Å². The maximum Gasteiger partial charge on any atom is 0.252 e. The zero-order chi connectivity index (χ0) is 19.2. The molecule has 1 fully saturated rings. The number of carbonyl (C=O) groups excluding carboxylic acids is 1. The van der Waals surface area contributed by atoms with Crippen LogP contribution in [0.15, 0.2) is 23.1 Å². The lowest BCUT2D eigenvalue weighted by molar-refractivity contribution is 0.0383. The first-order valence-corrected chi connectivity index (χ1v) is 10.6. The zero-order valence-corrected chi connectivity index (χ0v) is 18.0. The third-order valence-corrected chi connectivity index (χ3v) is 6.72. The Morgan fingerprint density at radius 3 is 2.48 bits per heavy atom. The molecule has 1 aromatic carbocycles. The summed E-state index contributed by atoms with van der Waals surface area (Å²) in [5.74, 6) is -0.375. The largest absolute Gasteiger partial charge is 0.379 e. The van der Waals surface area contributed by atoms with Gasteiger partial charge in [0.15, 0.2) is 0 Å². The molecule has 1 saturated heterocycles. The molecule has 0 atom stereocenters. The minimum Gasteiger partial charge on any atom is -0.379 e. The number of ether oxygens (including phenoxy) is 1. The fourth-order valence-electron chi connectivity index (χ4n) is 2.80. The molecule has 1 heterocycles. The molecule has 0 bridgehead atoms. The molecule has 0 radical (unpaired) electrons. The van der Waals surface area contributed by atoms with Crippen LogP contribution < -0.4 is 5.32 Å². The zero-order valence-electron chi connectivity index (χ0n) is 15.6. The lowest BCUT2D eigenvalue weighted by Gasteiger charge is -2.26. The van der Waals surface area contributed by atoms with Gasteiger partial charge in [-0.3, -0.25) is 9.69 Å². The lowest BCUT2D eigenvalue weighted by Crippen LogP contribution is -2.41. The second-order valence-corrected chi connectivity index (χ2v) is 8.29. The van der Waals surface area contributed by atoms with Crippen molar-refractivity contribution in [2.75, 3.05) is 52.5 Å². The normalized spacial score (nSPS) is 15.4. The van der Waals surface area contributed by atoms with E-state index in [4.69, 9.17) is 16.3 Å². The third-order valence-electron chi connectivity index (χ3n) is 4.34. The van der Waals surface area contributed by atoms with Crippen molar-refractivity contribution in [2.24, 2.45) is 0 Å². The van der Waals surface area contributed by atoms with Crippen LogP contribution in [0.25, 0.3) is 0 Å². The predicted molar refractivity (Wildman–Crippen MR) is 108 cm³/mol. The number of hydrogen-bond donors (Lipinski definition) is 1. The molecule has 1 aliphatic rings. The van der Waals surface area contributed by atoms with Gasteiger partial charge in [-0.05, 0) is 18.2 Å². The van der Waals surface area contributed by atoms with E-state index in [1.165, 1.54) is 22.5 Å². The van der Waals surface area contributed by atoms with Crippen molar-refractivity contribution < 1.29 is 17.9 Å². The van der Waals surface area contributed by atoms with E-state index < -0.39 is 10.0 Å². The molecule has 1 aliphatic heterocycles. The molecule has 1 aromatic rings. The average molecular weight is 440 g/mol. The number of nitrogens with zero attached hydrogens (tertiary/aromatic N) is 2. The second kappa shape index (κ2) is 11.2. The molecule has 27 heavy (non-hydrogen) atoms. The van der Waals surface area contributed by atoms with Gasteiger partial charge in [-0.25, -0.2) is 8.42 Å². The first-order valence-electron chi connectivity index (χ1n) is 8.78. The molecule has 0 saturated carbocycles. The van der Waals surface area contributed by atoms with Gasteiger partial charge in [0.2, 0.25) is 10.0 Å². The van der Waals surface area contributed by atoms with Crippen LogP contribution in [-0.4, -0.2) is 76.0 Å². The highest BCUT2D eigenvalue weighted by atomic mass is 35.5. The van der Waals surface area contributed by atoms with Gasteiger partial charge >= 0.3 is 0 Å². The highest BCUT2D eigenvalue weighted by Crippen LogP contribution is 2.23. The SMILES string of the molecule is CCN(CC)S(=O)(=O)c1ccc(Cl)c(C(=O)NCCN2CCOCC2)c1.Cl. The molecule has 10 heteroatoms. The van der Waals surface area contributed by atoms with E-state index in [1.54, 1.807) is 13.8 Å². The van der Waals surface area contributed by atoms with E-state index >= 15 is 0 Å². The van der Waals surface area contributed by atoms with Crippen molar-refractivity contribution in [3.63, 3.8) is 0 Å². The number of nitrogens with one attached hydrogen (secondary N) is 1. The minimum atomic E-state index is -3.64. The summed E-state index contributed by atoms with van der Waals surface area (Å²) in [7, 11) is -3.64. The first-order chi connectivity index (χ1) is 12.4. The highest BCUT2D eigenvalue weighted by Gasteiger charge is 2.24. The van der Waals surface area contributed by atoms with Gasteiger partial charge < -0.3 is 10.1 Å². The van der Waals surface area contributed by atoms with Crippen LogP contribution in [-0.2, 0) is 14.8 Å². The fraction of sp³-hybridized carbons (Fsp3) is 0.588. The number of rotatable bonds is 8. The topological polar surface area (TPSA) is 79.0 Å². The Labute approximate surface area is 172 Å². The van der Waals surface area contributed by atoms with E-state index in [0.29, 0.717) is 39.4 Å². The highest BCUT2D eigenvalue weighted by molar-refractivity contribution is 7.89. The van der Waals surface area contributed by atoms with Gasteiger partial charge in [0.25, 0.3) is 5.91 Å². The summed E-state index contributed by atoms with van der Waals surface area (Å²) in [6, 6.07) is 4.23. The maximum atomic E-state index is 12.6.